The number of nitrogens with zero attached hydrogens (tertiary/aromatic N) is 1. The van der Waals surface area contributed by atoms with Gasteiger partial charge in [0.2, 0.25) is 11.8 Å². The first kappa shape index (κ1) is 18.8. The van der Waals surface area contributed by atoms with Crippen molar-refractivity contribution in [2.45, 2.75) is 51.1 Å². The molecule has 1 aromatic rings. The zero-order chi connectivity index (χ0) is 18.4. The summed E-state index contributed by atoms with van der Waals surface area (Å²) in [6.45, 7) is 1.84. The molecule has 136 valence electrons. The van der Waals surface area contributed by atoms with Crippen molar-refractivity contribution < 1.29 is 14.4 Å². The highest BCUT2D eigenvalue weighted by Crippen LogP contribution is 2.26. The molecule has 0 spiro atoms. The normalized spacial score (nSPS) is 15.6. The molecular formula is C18H26N4O3. The maximum absolute atomic E-state index is 12.8. The average molecular weight is 346 g/mol. The van der Waals surface area contributed by atoms with Gasteiger partial charge in [0.15, 0.2) is 0 Å². The number of urea groups is 1. The fraction of sp³-hybridized carbons (Fsp3) is 0.500. The SMILES string of the molecule is Cc1cccc(C(CC(=O)N(CC(N)=O)C2CCCC2)NC(N)=O)c1. The van der Waals surface area contributed by atoms with Gasteiger partial charge in [-0.3, -0.25) is 9.59 Å². The molecule has 25 heavy (non-hydrogen) atoms. The lowest BCUT2D eigenvalue weighted by molar-refractivity contribution is -0.137. The Morgan fingerprint density at radius 1 is 1.24 bits per heavy atom. The van der Waals surface area contributed by atoms with E-state index in [4.69, 9.17) is 11.5 Å². The monoisotopic (exact) mass is 346 g/mol. The third-order valence-corrected chi connectivity index (χ3v) is 4.55. The molecule has 0 bridgehead atoms. The summed E-state index contributed by atoms with van der Waals surface area (Å²) < 4.78 is 0. The molecule has 4 amide bonds. The Morgan fingerprint density at radius 2 is 1.92 bits per heavy atom. The Kier molecular flexibility index (Phi) is 6.38. The molecule has 1 aliphatic carbocycles. The van der Waals surface area contributed by atoms with Crippen LogP contribution in [0.3, 0.4) is 0 Å². The van der Waals surface area contributed by atoms with Crippen molar-refractivity contribution in [3.63, 3.8) is 0 Å². The van der Waals surface area contributed by atoms with E-state index in [1.54, 1.807) is 4.90 Å². The highest BCUT2D eigenvalue weighted by atomic mass is 16.2. The van der Waals surface area contributed by atoms with Crippen molar-refractivity contribution in [3.8, 4) is 0 Å². The van der Waals surface area contributed by atoms with Gasteiger partial charge >= 0.3 is 6.03 Å². The van der Waals surface area contributed by atoms with E-state index in [0.717, 1.165) is 36.8 Å². The topological polar surface area (TPSA) is 119 Å². The Bertz CT molecular complexity index is 641. The summed E-state index contributed by atoms with van der Waals surface area (Å²) in [7, 11) is 0. The Hall–Kier alpha value is -2.57. The van der Waals surface area contributed by atoms with Crippen molar-refractivity contribution in [3.05, 3.63) is 35.4 Å². The lowest BCUT2D eigenvalue weighted by Crippen LogP contribution is -2.46. The summed E-state index contributed by atoms with van der Waals surface area (Å²) >= 11 is 0. The predicted octanol–water partition coefficient (Wildman–Crippen LogP) is 1.35. The minimum atomic E-state index is -0.693. The molecule has 0 aromatic heterocycles. The van der Waals surface area contributed by atoms with Gasteiger partial charge in [-0.2, -0.15) is 0 Å². The number of nitrogens with two attached hydrogens (primary N) is 2. The van der Waals surface area contributed by atoms with E-state index < -0.39 is 18.0 Å². The van der Waals surface area contributed by atoms with Crippen molar-refractivity contribution in [1.82, 2.24) is 10.2 Å². The molecule has 1 aromatic carbocycles. The molecule has 7 heteroatoms. The zero-order valence-corrected chi connectivity index (χ0v) is 14.5. The zero-order valence-electron chi connectivity index (χ0n) is 14.5. The fourth-order valence-electron chi connectivity index (χ4n) is 3.41. The molecule has 2 rings (SSSR count). The van der Waals surface area contributed by atoms with Crippen molar-refractivity contribution in [2.24, 2.45) is 11.5 Å². The van der Waals surface area contributed by atoms with Crippen molar-refractivity contribution >= 4 is 17.8 Å². The number of rotatable bonds is 7. The summed E-state index contributed by atoms with van der Waals surface area (Å²) in [4.78, 5) is 37.2. The third-order valence-electron chi connectivity index (χ3n) is 4.55. The minimum absolute atomic E-state index is 0.0340. The van der Waals surface area contributed by atoms with Gasteiger partial charge in [0, 0.05) is 6.04 Å². The first-order chi connectivity index (χ1) is 11.9. The van der Waals surface area contributed by atoms with Crippen LogP contribution in [0.25, 0.3) is 0 Å². The maximum atomic E-state index is 12.8. The molecule has 1 fully saturated rings. The second-order valence-electron chi connectivity index (χ2n) is 6.61. The Labute approximate surface area is 147 Å². The number of carbonyl (C=O) groups is 3. The van der Waals surface area contributed by atoms with Crippen molar-refractivity contribution in [2.75, 3.05) is 6.54 Å². The fourth-order valence-corrected chi connectivity index (χ4v) is 3.41. The molecule has 0 radical (unpaired) electrons. The van der Waals surface area contributed by atoms with Gasteiger partial charge in [0.05, 0.1) is 19.0 Å². The maximum Gasteiger partial charge on any atom is 0.312 e. The summed E-state index contributed by atoms with van der Waals surface area (Å²) in [5.74, 6) is -0.735. The Balaban J connectivity index is 2.18. The Morgan fingerprint density at radius 3 is 2.48 bits per heavy atom. The van der Waals surface area contributed by atoms with Gasteiger partial charge in [0.25, 0.3) is 0 Å². The molecule has 7 nitrogen and oxygen atoms in total. The number of carbonyl (C=O) groups excluding carboxylic acids is 3. The quantitative estimate of drug-likeness (QED) is 0.691. The molecule has 0 heterocycles. The average Bonchev–Trinajstić information content (AvgIpc) is 3.05. The van der Waals surface area contributed by atoms with E-state index in [9.17, 15) is 14.4 Å². The number of hydrogen-bond donors (Lipinski definition) is 3. The number of hydrogen-bond acceptors (Lipinski definition) is 3. The standard InChI is InChI=1S/C18H26N4O3/c1-12-5-4-6-13(9-12)15(21-18(20)25)10-17(24)22(11-16(19)23)14-7-2-3-8-14/h4-6,9,14-15H,2-3,7-8,10-11H2,1H3,(H2,19,23)(H3,20,21,25). The molecular weight excluding hydrogens is 320 g/mol. The van der Waals surface area contributed by atoms with E-state index in [1.807, 2.05) is 31.2 Å². The van der Waals surface area contributed by atoms with Gasteiger partial charge in [0.1, 0.15) is 0 Å². The summed E-state index contributed by atoms with van der Waals surface area (Å²) in [6, 6.07) is 6.35. The first-order valence-corrected chi connectivity index (χ1v) is 8.57. The van der Waals surface area contributed by atoms with Crippen LogP contribution in [0.2, 0.25) is 0 Å². The van der Waals surface area contributed by atoms with E-state index in [-0.39, 0.29) is 24.9 Å². The molecule has 1 aliphatic rings. The molecule has 1 atom stereocenters. The van der Waals surface area contributed by atoms with Crippen LogP contribution in [-0.2, 0) is 9.59 Å². The van der Waals surface area contributed by atoms with Gasteiger partial charge < -0.3 is 21.7 Å². The van der Waals surface area contributed by atoms with E-state index in [0.29, 0.717) is 0 Å². The molecule has 1 unspecified atom stereocenters. The largest absolute Gasteiger partial charge is 0.368 e. The lowest BCUT2D eigenvalue weighted by Gasteiger charge is -2.29. The van der Waals surface area contributed by atoms with Crippen LogP contribution in [-0.4, -0.2) is 35.3 Å². The first-order valence-electron chi connectivity index (χ1n) is 8.57. The highest BCUT2D eigenvalue weighted by Gasteiger charge is 2.30. The molecule has 5 N–H and O–H groups in total. The van der Waals surface area contributed by atoms with Crippen LogP contribution in [0.1, 0.15) is 49.3 Å². The van der Waals surface area contributed by atoms with Crippen molar-refractivity contribution in [1.29, 1.82) is 0 Å². The number of amides is 4. The van der Waals surface area contributed by atoms with Gasteiger partial charge in [-0.25, -0.2) is 4.79 Å². The van der Waals surface area contributed by atoms with Crippen LogP contribution in [0.4, 0.5) is 4.79 Å². The number of benzene rings is 1. The van der Waals surface area contributed by atoms with Crippen LogP contribution >= 0.6 is 0 Å². The van der Waals surface area contributed by atoms with E-state index in [2.05, 4.69) is 5.32 Å². The highest BCUT2D eigenvalue weighted by molar-refractivity contribution is 5.85. The van der Waals surface area contributed by atoms with E-state index in [1.165, 1.54) is 0 Å². The summed E-state index contributed by atoms with van der Waals surface area (Å²) in [5, 5.41) is 2.63. The number of primary amides is 2. The van der Waals surface area contributed by atoms with Crippen LogP contribution in [0, 0.1) is 6.92 Å². The second kappa shape index (κ2) is 8.50. The lowest BCUT2D eigenvalue weighted by atomic mass is 10.0. The molecule has 0 saturated heterocycles. The summed E-state index contributed by atoms with van der Waals surface area (Å²) in [5.41, 5.74) is 12.4. The predicted molar refractivity (Wildman–Crippen MR) is 94.4 cm³/mol. The van der Waals surface area contributed by atoms with Gasteiger partial charge in [-0.15, -0.1) is 0 Å². The van der Waals surface area contributed by atoms with Crippen LogP contribution in [0.15, 0.2) is 24.3 Å². The molecule has 1 saturated carbocycles. The smallest absolute Gasteiger partial charge is 0.312 e. The molecule has 0 aliphatic heterocycles. The van der Waals surface area contributed by atoms with Crippen LogP contribution < -0.4 is 16.8 Å². The van der Waals surface area contributed by atoms with Crippen LogP contribution in [0.5, 0.6) is 0 Å². The minimum Gasteiger partial charge on any atom is -0.368 e. The summed E-state index contributed by atoms with van der Waals surface area (Å²) in [6.07, 6.45) is 3.85. The van der Waals surface area contributed by atoms with E-state index >= 15 is 0 Å². The third kappa shape index (κ3) is 5.48. The number of aryl methyl sites for hydroxylation is 1. The number of nitrogens with one attached hydrogen (secondary N) is 1. The van der Waals surface area contributed by atoms with Gasteiger partial charge in [-0.05, 0) is 25.3 Å². The van der Waals surface area contributed by atoms with Gasteiger partial charge in [-0.1, -0.05) is 42.7 Å². The second-order valence-corrected chi connectivity index (χ2v) is 6.61.